The van der Waals surface area contributed by atoms with Crippen LogP contribution >= 0.6 is 0 Å². The van der Waals surface area contributed by atoms with Crippen LogP contribution in [0.15, 0.2) is 24.3 Å². The van der Waals surface area contributed by atoms with E-state index < -0.39 is 10.0 Å². The first kappa shape index (κ1) is 15.8. The molecule has 2 saturated heterocycles. The van der Waals surface area contributed by atoms with Crippen molar-refractivity contribution in [2.75, 3.05) is 12.8 Å². The van der Waals surface area contributed by atoms with Crippen LogP contribution < -0.4 is 5.32 Å². The van der Waals surface area contributed by atoms with E-state index in [2.05, 4.69) is 5.32 Å². The van der Waals surface area contributed by atoms with Crippen LogP contribution in [0, 0.1) is 0 Å². The molecule has 2 fully saturated rings. The molecule has 0 radical (unpaired) electrons. The fourth-order valence-corrected chi connectivity index (χ4v) is 5.39. The minimum absolute atomic E-state index is 0.180. The van der Waals surface area contributed by atoms with Crippen LogP contribution in [0.4, 0.5) is 0 Å². The average molecular weight is 324 g/mol. The van der Waals surface area contributed by atoms with Gasteiger partial charge in [-0.3, -0.25) is 0 Å². The van der Waals surface area contributed by atoms with E-state index in [1.807, 2.05) is 12.1 Å². The molecule has 2 aliphatic rings. The van der Waals surface area contributed by atoms with Gasteiger partial charge in [-0.2, -0.15) is 4.31 Å². The van der Waals surface area contributed by atoms with Crippen LogP contribution in [0.5, 0.6) is 5.75 Å². The highest BCUT2D eigenvalue weighted by atomic mass is 32.2. The number of sulfonamides is 1. The second-order valence-electron chi connectivity index (χ2n) is 6.52. The Morgan fingerprint density at radius 1 is 1.18 bits per heavy atom. The van der Waals surface area contributed by atoms with Crippen molar-refractivity contribution in [1.82, 2.24) is 9.62 Å². The maximum Gasteiger partial charge on any atom is 0.211 e. The minimum atomic E-state index is -3.07. The molecule has 3 atom stereocenters. The largest absolute Gasteiger partial charge is 0.508 e. The standard InChI is InChI=1S/C16H24N2O3S/c1-22(20,21)18-14-4-5-15(18)11-13(10-14)17-9-8-12-2-6-16(19)7-3-12/h2-3,6-7,13-15,17,19H,4-5,8-11H2,1H3/t13-,14+,15-. The molecule has 0 aliphatic carbocycles. The van der Waals surface area contributed by atoms with Gasteiger partial charge in [0.25, 0.3) is 0 Å². The fourth-order valence-electron chi connectivity index (χ4n) is 3.93. The summed E-state index contributed by atoms with van der Waals surface area (Å²) in [5.74, 6) is 0.293. The van der Waals surface area contributed by atoms with Gasteiger partial charge >= 0.3 is 0 Å². The van der Waals surface area contributed by atoms with Gasteiger partial charge in [-0.25, -0.2) is 8.42 Å². The van der Waals surface area contributed by atoms with Crippen molar-refractivity contribution in [3.63, 3.8) is 0 Å². The van der Waals surface area contributed by atoms with E-state index in [0.29, 0.717) is 11.8 Å². The van der Waals surface area contributed by atoms with Gasteiger partial charge in [0, 0.05) is 18.1 Å². The van der Waals surface area contributed by atoms with Crippen LogP contribution in [-0.4, -0.2) is 48.8 Å². The Bertz CT molecular complexity index is 601. The number of fused-ring (bicyclic) bond motifs is 2. The molecule has 1 aromatic carbocycles. The molecule has 6 heteroatoms. The molecule has 3 rings (SSSR count). The Morgan fingerprint density at radius 2 is 1.77 bits per heavy atom. The Balaban J connectivity index is 1.51. The van der Waals surface area contributed by atoms with Crippen LogP contribution in [0.1, 0.15) is 31.2 Å². The fraction of sp³-hybridized carbons (Fsp3) is 0.625. The van der Waals surface area contributed by atoms with Crippen LogP contribution in [0.2, 0.25) is 0 Å². The SMILES string of the molecule is CS(=O)(=O)N1[C@@H]2CC[C@H]1C[C@@H](NCCc1ccc(O)cc1)C2. The van der Waals surface area contributed by atoms with Gasteiger partial charge < -0.3 is 10.4 Å². The van der Waals surface area contributed by atoms with Gasteiger partial charge in [0.15, 0.2) is 0 Å². The molecule has 0 amide bonds. The van der Waals surface area contributed by atoms with Crippen molar-refractivity contribution in [1.29, 1.82) is 0 Å². The minimum Gasteiger partial charge on any atom is -0.508 e. The quantitative estimate of drug-likeness (QED) is 0.861. The summed E-state index contributed by atoms with van der Waals surface area (Å²) in [5, 5.41) is 12.8. The zero-order valence-corrected chi connectivity index (χ0v) is 13.7. The summed E-state index contributed by atoms with van der Waals surface area (Å²) in [7, 11) is -3.07. The van der Waals surface area contributed by atoms with Crippen LogP contribution in [0.25, 0.3) is 0 Å². The number of benzene rings is 1. The Kier molecular flexibility index (Phi) is 4.43. The summed E-state index contributed by atoms with van der Waals surface area (Å²) < 4.78 is 25.5. The smallest absolute Gasteiger partial charge is 0.211 e. The summed E-state index contributed by atoms with van der Waals surface area (Å²) in [6.07, 6.45) is 6.07. The summed E-state index contributed by atoms with van der Waals surface area (Å²) in [4.78, 5) is 0. The van der Waals surface area contributed by atoms with E-state index in [-0.39, 0.29) is 12.1 Å². The molecule has 22 heavy (non-hydrogen) atoms. The lowest BCUT2D eigenvalue weighted by Gasteiger charge is -2.37. The lowest BCUT2D eigenvalue weighted by Crippen LogP contribution is -2.51. The zero-order chi connectivity index (χ0) is 15.7. The van der Waals surface area contributed by atoms with Gasteiger partial charge in [-0.05, 0) is 56.3 Å². The van der Waals surface area contributed by atoms with E-state index >= 15 is 0 Å². The van der Waals surface area contributed by atoms with Gasteiger partial charge in [0.05, 0.1) is 6.26 Å². The molecule has 2 N–H and O–H groups in total. The first-order valence-electron chi connectivity index (χ1n) is 7.93. The van der Waals surface area contributed by atoms with Crippen molar-refractivity contribution < 1.29 is 13.5 Å². The number of aromatic hydroxyl groups is 1. The molecule has 1 aromatic rings. The Morgan fingerprint density at radius 3 is 2.32 bits per heavy atom. The van der Waals surface area contributed by atoms with Gasteiger partial charge in [0.2, 0.25) is 10.0 Å². The molecular formula is C16H24N2O3S. The molecule has 2 bridgehead atoms. The molecule has 122 valence electrons. The number of rotatable bonds is 5. The number of nitrogens with one attached hydrogen (secondary N) is 1. The Labute approximate surface area is 132 Å². The molecular weight excluding hydrogens is 300 g/mol. The van der Waals surface area contributed by atoms with E-state index in [1.54, 1.807) is 16.4 Å². The van der Waals surface area contributed by atoms with Crippen molar-refractivity contribution in [2.24, 2.45) is 0 Å². The second-order valence-corrected chi connectivity index (χ2v) is 8.40. The lowest BCUT2D eigenvalue weighted by molar-refractivity contribution is 0.208. The molecule has 0 spiro atoms. The summed E-state index contributed by atoms with van der Waals surface area (Å²) in [5.41, 5.74) is 1.20. The molecule has 2 aliphatic heterocycles. The monoisotopic (exact) mass is 324 g/mol. The van der Waals surface area contributed by atoms with Crippen LogP contribution in [0.3, 0.4) is 0 Å². The Hall–Kier alpha value is -1.11. The topological polar surface area (TPSA) is 69.6 Å². The summed E-state index contributed by atoms with van der Waals surface area (Å²) in [6, 6.07) is 8.06. The van der Waals surface area contributed by atoms with E-state index in [9.17, 15) is 13.5 Å². The first-order valence-corrected chi connectivity index (χ1v) is 9.78. The molecule has 0 saturated carbocycles. The number of hydrogen-bond acceptors (Lipinski definition) is 4. The lowest BCUT2D eigenvalue weighted by atomic mass is 9.99. The highest BCUT2D eigenvalue weighted by Gasteiger charge is 2.44. The second kappa shape index (κ2) is 6.18. The van der Waals surface area contributed by atoms with Gasteiger partial charge in [-0.1, -0.05) is 12.1 Å². The predicted molar refractivity (Wildman–Crippen MR) is 86.3 cm³/mol. The molecule has 0 unspecified atom stereocenters. The number of hydrogen-bond donors (Lipinski definition) is 2. The highest BCUT2D eigenvalue weighted by Crippen LogP contribution is 2.37. The predicted octanol–water partition coefficient (Wildman–Crippen LogP) is 1.48. The normalized spacial score (nSPS) is 28.9. The van der Waals surface area contributed by atoms with E-state index in [0.717, 1.165) is 38.6 Å². The van der Waals surface area contributed by atoms with E-state index in [4.69, 9.17) is 0 Å². The molecule has 0 aromatic heterocycles. The van der Waals surface area contributed by atoms with Crippen molar-refractivity contribution in [3.8, 4) is 5.75 Å². The average Bonchev–Trinajstić information content (AvgIpc) is 2.74. The van der Waals surface area contributed by atoms with Gasteiger partial charge in [-0.15, -0.1) is 0 Å². The first-order chi connectivity index (χ1) is 10.4. The van der Waals surface area contributed by atoms with Gasteiger partial charge in [0.1, 0.15) is 5.75 Å². The maximum absolute atomic E-state index is 11.9. The maximum atomic E-state index is 11.9. The molecule has 5 nitrogen and oxygen atoms in total. The third-order valence-electron chi connectivity index (χ3n) is 4.83. The van der Waals surface area contributed by atoms with Crippen LogP contribution in [-0.2, 0) is 16.4 Å². The number of piperidine rings is 1. The zero-order valence-electron chi connectivity index (χ0n) is 12.9. The van der Waals surface area contributed by atoms with Crippen molar-refractivity contribution >= 4 is 10.0 Å². The number of phenolic OH excluding ortho intramolecular Hbond substituents is 1. The highest BCUT2D eigenvalue weighted by molar-refractivity contribution is 7.88. The number of phenols is 1. The number of nitrogens with zero attached hydrogens (tertiary/aromatic N) is 1. The third-order valence-corrected chi connectivity index (χ3v) is 6.19. The summed E-state index contributed by atoms with van der Waals surface area (Å²) in [6.45, 7) is 0.883. The summed E-state index contributed by atoms with van der Waals surface area (Å²) >= 11 is 0. The van der Waals surface area contributed by atoms with Crippen molar-refractivity contribution in [3.05, 3.63) is 29.8 Å². The molecule has 2 heterocycles. The van der Waals surface area contributed by atoms with E-state index in [1.165, 1.54) is 11.8 Å². The van der Waals surface area contributed by atoms with Crippen molar-refractivity contribution in [2.45, 2.75) is 50.2 Å². The third kappa shape index (κ3) is 3.45.